The molecule has 0 saturated heterocycles. The molecule has 2 amide bonds. The number of amides is 2. The first-order valence-electron chi connectivity index (χ1n) is 7.55. The fourth-order valence-corrected chi connectivity index (χ4v) is 3.02. The summed E-state index contributed by atoms with van der Waals surface area (Å²) in [5, 5.41) is 6.20. The van der Waals surface area contributed by atoms with Crippen LogP contribution in [0.5, 0.6) is 0 Å². The lowest BCUT2D eigenvalue weighted by molar-refractivity contribution is -0.121. The summed E-state index contributed by atoms with van der Waals surface area (Å²) in [6.45, 7) is -0.0914. The van der Waals surface area contributed by atoms with E-state index in [2.05, 4.69) is 10.6 Å². The van der Waals surface area contributed by atoms with Gasteiger partial charge in [0, 0.05) is 18.2 Å². The predicted molar refractivity (Wildman–Crippen MR) is 90.0 cm³/mol. The van der Waals surface area contributed by atoms with E-state index in [0.717, 1.165) is 25.7 Å². The maximum absolute atomic E-state index is 12.0. The smallest absolute Gasteiger partial charge is 0.253 e. The van der Waals surface area contributed by atoms with Crippen molar-refractivity contribution in [1.82, 2.24) is 10.6 Å². The van der Waals surface area contributed by atoms with E-state index in [1.165, 1.54) is 6.07 Å². The van der Waals surface area contributed by atoms with Crippen LogP contribution in [0, 0.1) is 0 Å². The van der Waals surface area contributed by atoms with E-state index >= 15 is 0 Å². The van der Waals surface area contributed by atoms with Crippen LogP contribution in [0.25, 0.3) is 0 Å². The monoisotopic (exact) mass is 358 g/mol. The highest BCUT2D eigenvalue weighted by atomic mass is 35.5. The fraction of sp³-hybridized carbons (Fsp3) is 0.500. The zero-order valence-corrected chi connectivity index (χ0v) is 14.4. The molecular formula is C16H20Cl2N2O3. The third kappa shape index (κ3) is 5.37. The van der Waals surface area contributed by atoms with Crippen molar-refractivity contribution in [3.8, 4) is 0 Å². The van der Waals surface area contributed by atoms with Gasteiger partial charge in [-0.05, 0) is 43.9 Å². The molecule has 7 heteroatoms. The van der Waals surface area contributed by atoms with Crippen molar-refractivity contribution in [3.63, 3.8) is 0 Å². The second-order valence-electron chi connectivity index (χ2n) is 5.58. The first kappa shape index (κ1) is 18.0. The number of halogens is 2. The van der Waals surface area contributed by atoms with Gasteiger partial charge in [0.1, 0.15) is 0 Å². The van der Waals surface area contributed by atoms with Crippen molar-refractivity contribution in [2.24, 2.45) is 0 Å². The molecule has 0 bridgehead atoms. The van der Waals surface area contributed by atoms with Crippen molar-refractivity contribution in [3.05, 3.63) is 33.8 Å². The second-order valence-corrected chi connectivity index (χ2v) is 6.43. The van der Waals surface area contributed by atoms with E-state index in [4.69, 9.17) is 27.9 Å². The predicted octanol–water partition coefficient (Wildman–Crippen LogP) is 2.80. The third-order valence-corrected chi connectivity index (χ3v) is 4.52. The van der Waals surface area contributed by atoms with Crippen LogP contribution in [0.4, 0.5) is 0 Å². The van der Waals surface area contributed by atoms with E-state index in [1.54, 1.807) is 19.2 Å². The van der Waals surface area contributed by atoms with Crippen LogP contribution < -0.4 is 10.6 Å². The van der Waals surface area contributed by atoms with Gasteiger partial charge in [0.25, 0.3) is 5.91 Å². The molecule has 1 aliphatic carbocycles. The first-order chi connectivity index (χ1) is 11.0. The standard InChI is InChI=1S/C16H20Cl2N2O3/c1-23-12-5-3-11(4-6-12)20-15(21)9-19-16(22)13-8-10(17)2-7-14(13)18/h2,7-8,11-12H,3-6,9H2,1H3,(H,19,22)(H,20,21). The second kappa shape index (κ2) is 8.52. The van der Waals surface area contributed by atoms with Gasteiger partial charge in [-0.3, -0.25) is 9.59 Å². The Morgan fingerprint density at radius 3 is 2.57 bits per heavy atom. The summed E-state index contributed by atoms with van der Waals surface area (Å²) in [7, 11) is 1.71. The summed E-state index contributed by atoms with van der Waals surface area (Å²) in [5.74, 6) is -0.631. The molecule has 1 fully saturated rings. The molecule has 23 heavy (non-hydrogen) atoms. The molecule has 0 spiro atoms. The van der Waals surface area contributed by atoms with Gasteiger partial charge in [-0.1, -0.05) is 23.2 Å². The summed E-state index contributed by atoms with van der Waals surface area (Å²) in [6.07, 6.45) is 3.93. The summed E-state index contributed by atoms with van der Waals surface area (Å²) < 4.78 is 5.30. The van der Waals surface area contributed by atoms with Crippen LogP contribution in [-0.2, 0) is 9.53 Å². The maximum atomic E-state index is 12.0. The van der Waals surface area contributed by atoms with Crippen LogP contribution in [0.2, 0.25) is 10.0 Å². The molecule has 0 radical (unpaired) electrons. The number of ether oxygens (including phenoxy) is 1. The first-order valence-corrected chi connectivity index (χ1v) is 8.30. The minimum absolute atomic E-state index is 0.0914. The molecule has 2 rings (SSSR count). The van der Waals surface area contributed by atoms with Crippen molar-refractivity contribution >= 4 is 35.0 Å². The Morgan fingerprint density at radius 2 is 1.91 bits per heavy atom. The Hall–Kier alpha value is -1.30. The van der Waals surface area contributed by atoms with Gasteiger partial charge in [-0.15, -0.1) is 0 Å². The Bertz CT molecular complexity index is 572. The lowest BCUT2D eigenvalue weighted by Crippen LogP contribution is -2.44. The SMILES string of the molecule is COC1CCC(NC(=O)CNC(=O)c2cc(Cl)ccc2Cl)CC1. The molecule has 5 nitrogen and oxygen atoms in total. The molecule has 0 heterocycles. The minimum Gasteiger partial charge on any atom is -0.381 e. The average molecular weight is 359 g/mol. The molecule has 0 unspecified atom stereocenters. The van der Waals surface area contributed by atoms with Gasteiger partial charge in [-0.25, -0.2) is 0 Å². The topological polar surface area (TPSA) is 67.4 Å². The van der Waals surface area contributed by atoms with Crippen LogP contribution in [-0.4, -0.2) is 37.6 Å². The molecule has 0 aliphatic heterocycles. The zero-order chi connectivity index (χ0) is 16.8. The van der Waals surface area contributed by atoms with E-state index in [0.29, 0.717) is 10.0 Å². The summed E-state index contributed by atoms with van der Waals surface area (Å²) in [5.41, 5.74) is 0.257. The normalized spacial score (nSPS) is 20.8. The molecule has 1 aromatic carbocycles. The van der Waals surface area contributed by atoms with E-state index in [1.807, 2.05) is 0 Å². The number of hydrogen-bond acceptors (Lipinski definition) is 3. The molecule has 2 N–H and O–H groups in total. The Morgan fingerprint density at radius 1 is 1.22 bits per heavy atom. The van der Waals surface area contributed by atoms with Crippen LogP contribution in [0.3, 0.4) is 0 Å². The van der Waals surface area contributed by atoms with Crippen LogP contribution >= 0.6 is 23.2 Å². The van der Waals surface area contributed by atoms with E-state index in [9.17, 15) is 9.59 Å². The lowest BCUT2D eigenvalue weighted by atomic mass is 9.93. The quantitative estimate of drug-likeness (QED) is 0.850. The van der Waals surface area contributed by atoms with Crippen molar-refractivity contribution in [1.29, 1.82) is 0 Å². The molecule has 0 aromatic heterocycles. The van der Waals surface area contributed by atoms with E-state index < -0.39 is 5.91 Å². The number of methoxy groups -OCH3 is 1. The maximum Gasteiger partial charge on any atom is 0.253 e. The molecule has 1 saturated carbocycles. The average Bonchev–Trinajstić information content (AvgIpc) is 2.55. The molecule has 1 aromatic rings. The molecule has 1 aliphatic rings. The zero-order valence-electron chi connectivity index (χ0n) is 12.9. The number of carbonyl (C=O) groups excluding carboxylic acids is 2. The molecular weight excluding hydrogens is 339 g/mol. The number of nitrogens with one attached hydrogen (secondary N) is 2. The Kier molecular flexibility index (Phi) is 6.69. The van der Waals surface area contributed by atoms with Gasteiger partial charge in [-0.2, -0.15) is 0 Å². The number of carbonyl (C=O) groups is 2. The number of benzene rings is 1. The van der Waals surface area contributed by atoms with Gasteiger partial charge in [0.05, 0.1) is 23.2 Å². The highest BCUT2D eigenvalue weighted by Crippen LogP contribution is 2.21. The summed E-state index contributed by atoms with van der Waals surface area (Å²) >= 11 is 11.8. The molecule has 126 valence electrons. The highest BCUT2D eigenvalue weighted by molar-refractivity contribution is 6.35. The minimum atomic E-state index is -0.421. The Balaban J connectivity index is 1.78. The lowest BCUT2D eigenvalue weighted by Gasteiger charge is -2.28. The van der Waals surface area contributed by atoms with Crippen molar-refractivity contribution in [2.75, 3.05) is 13.7 Å². The van der Waals surface area contributed by atoms with Crippen molar-refractivity contribution < 1.29 is 14.3 Å². The third-order valence-electron chi connectivity index (χ3n) is 3.96. The Labute approximate surface area is 145 Å². The van der Waals surface area contributed by atoms with Crippen molar-refractivity contribution in [2.45, 2.75) is 37.8 Å². The number of rotatable bonds is 5. The van der Waals surface area contributed by atoms with Crippen LogP contribution in [0.15, 0.2) is 18.2 Å². The van der Waals surface area contributed by atoms with Crippen LogP contribution in [0.1, 0.15) is 36.0 Å². The highest BCUT2D eigenvalue weighted by Gasteiger charge is 2.22. The van der Waals surface area contributed by atoms with Gasteiger partial charge in [0.2, 0.25) is 5.91 Å². The van der Waals surface area contributed by atoms with Gasteiger partial charge in [0.15, 0.2) is 0 Å². The number of hydrogen-bond donors (Lipinski definition) is 2. The van der Waals surface area contributed by atoms with E-state index in [-0.39, 0.29) is 30.2 Å². The molecule has 0 atom stereocenters. The fourth-order valence-electron chi connectivity index (χ4n) is 2.65. The van der Waals surface area contributed by atoms with Gasteiger partial charge >= 0.3 is 0 Å². The van der Waals surface area contributed by atoms with Gasteiger partial charge < -0.3 is 15.4 Å². The summed E-state index contributed by atoms with van der Waals surface area (Å²) in [6, 6.07) is 4.76. The summed E-state index contributed by atoms with van der Waals surface area (Å²) in [4.78, 5) is 24.0. The largest absolute Gasteiger partial charge is 0.381 e.